The van der Waals surface area contributed by atoms with E-state index in [1.807, 2.05) is 6.07 Å². The Morgan fingerprint density at radius 3 is 2.67 bits per heavy atom. The second-order valence-corrected chi connectivity index (χ2v) is 6.47. The van der Waals surface area contributed by atoms with Gasteiger partial charge in [0.25, 0.3) is 0 Å². The first-order chi connectivity index (χ1) is 10.1. The molecule has 0 radical (unpaired) electrons. The van der Waals surface area contributed by atoms with Crippen LogP contribution in [-0.2, 0) is 6.42 Å². The van der Waals surface area contributed by atoms with Crippen molar-refractivity contribution < 1.29 is 9.47 Å². The average Bonchev–Trinajstić information content (AvgIpc) is 2.92. The molecule has 3 nitrogen and oxygen atoms in total. The third kappa shape index (κ3) is 5.58. The number of hydrogen-bond donors (Lipinski definition) is 1. The monoisotopic (exact) mass is 291 g/mol. The van der Waals surface area contributed by atoms with Gasteiger partial charge in [-0.25, -0.2) is 0 Å². The SMILES string of the molecule is CC(C)CCCCNC(C)CCc1ccc2c(c1)OCO2. The molecule has 1 aromatic rings. The maximum atomic E-state index is 5.42. The van der Waals surface area contributed by atoms with E-state index in [-0.39, 0.29) is 0 Å². The summed E-state index contributed by atoms with van der Waals surface area (Å²) >= 11 is 0. The Bertz CT molecular complexity index is 431. The molecule has 3 heteroatoms. The first kappa shape index (κ1) is 16.2. The van der Waals surface area contributed by atoms with Gasteiger partial charge in [-0.3, -0.25) is 0 Å². The van der Waals surface area contributed by atoms with Crippen molar-refractivity contribution in [2.24, 2.45) is 5.92 Å². The van der Waals surface area contributed by atoms with Gasteiger partial charge < -0.3 is 14.8 Å². The van der Waals surface area contributed by atoms with Crippen molar-refractivity contribution in [1.29, 1.82) is 0 Å². The third-order valence-electron chi connectivity index (χ3n) is 4.00. The summed E-state index contributed by atoms with van der Waals surface area (Å²) in [5, 5.41) is 3.62. The Morgan fingerprint density at radius 2 is 1.86 bits per heavy atom. The van der Waals surface area contributed by atoms with Crippen LogP contribution in [0.1, 0.15) is 52.0 Å². The van der Waals surface area contributed by atoms with Crippen LogP contribution in [0.3, 0.4) is 0 Å². The van der Waals surface area contributed by atoms with Crippen molar-refractivity contribution >= 4 is 0 Å². The van der Waals surface area contributed by atoms with E-state index in [1.54, 1.807) is 0 Å². The van der Waals surface area contributed by atoms with Crippen LogP contribution in [0, 0.1) is 5.92 Å². The van der Waals surface area contributed by atoms with Crippen LogP contribution in [-0.4, -0.2) is 19.4 Å². The molecule has 0 fully saturated rings. The van der Waals surface area contributed by atoms with E-state index in [9.17, 15) is 0 Å². The fourth-order valence-electron chi connectivity index (χ4n) is 2.61. The number of rotatable bonds is 9. The van der Waals surface area contributed by atoms with Gasteiger partial charge in [0.15, 0.2) is 11.5 Å². The second kappa shape index (κ2) is 8.28. The molecule has 0 amide bonds. The van der Waals surface area contributed by atoms with E-state index in [4.69, 9.17) is 9.47 Å². The molecule has 2 rings (SSSR count). The van der Waals surface area contributed by atoms with Gasteiger partial charge in [-0.1, -0.05) is 32.8 Å². The number of aryl methyl sites for hydroxylation is 1. The molecule has 0 saturated heterocycles. The van der Waals surface area contributed by atoms with Crippen molar-refractivity contribution in [3.8, 4) is 11.5 Å². The quantitative estimate of drug-likeness (QED) is 0.693. The van der Waals surface area contributed by atoms with E-state index >= 15 is 0 Å². The van der Waals surface area contributed by atoms with Crippen LogP contribution in [0.4, 0.5) is 0 Å². The molecule has 1 atom stereocenters. The lowest BCUT2D eigenvalue weighted by Crippen LogP contribution is -2.27. The lowest BCUT2D eigenvalue weighted by Gasteiger charge is -2.14. The summed E-state index contributed by atoms with van der Waals surface area (Å²) in [6, 6.07) is 6.83. The summed E-state index contributed by atoms with van der Waals surface area (Å²) in [6.07, 6.45) is 6.19. The highest BCUT2D eigenvalue weighted by Crippen LogP contribution is 2.32. The van der Waals surface area contributed by atoms with E-state index in [0.29, 0.717) is 12.8 Å². The molecule has 1 aliphatic heterocycles. The second-order valence-electron chi connectivity index (χ2n) is 6.47. The van der Waals surface area contributed by atoms with Gasteiger partial charge in [-0.15, -0.1) is 0 Å². The van der Waals surface area contributed by atoms with Gasteiger partial charge in [0.2, 0.25) is 6.79 Å². The van der Waals surface area contributed by atoms with E-state index in [2.05, 4.69) is 38.2 Å². The molecule has 0 saturated carbocycles. The van der Waals surface area contributed by atoms with Gasteiger partial charge in [0.1, 0.15) is 0 Å². The maximum Gasteiger partial charge on any atom is 0.231 e. The zero-order valence-corrected chi connectivity index (χ0v) is 13.7. The topological polar surface area (TPSA) is 30.5 Å². The van der Waals surface area contributed by atoms with Crippen LogP contribution in [0.25, 0.3) is 0 Å². The molecule has 21 heavy (non-hydrogen) atoms. The highest BCUT2D eigenvalue weighted by molar-refractivity contribution is 5.44. The Kier molecular flexibility index (Phi) is 6.37. The Labute approximate surface area is 129 Å². The number of benzene rings is 1. The Hall–Kier alpha value is -1.22. The van der Waals surface area contributed by atoms with Crippen molar-refractivity contribution in [1.82, 2.24) is 5.32 Å². The zero-order chi connectivity index (χ0) is 15.1. The number of fused-ring (bicyclic) bond motifs is 1. The molecule has 0 aromatic heterocycles. The normalized spacial score (nSPS) is 14.7. The summed E-state index contributed by atoms with van der Waals surface area (Å²) in [5.41, 5.74) is 1.33. The third-order valence-corrected chi connectivity index (χ3v) is 4.00. The fourth-order valence-corrected chi connectivity index (χ4v) is 2.61. The van der Waals surface area contributed by atoms with E-state index in [0.717, 1.165) is 36.8 Å². The number of hydrogen-bond acceptors (Lipinski definition) is 3. The minimum Gasteiger partial charge on any atom is -0.454 e. The molecule has 0 spiro atoms. The molecule has 1 aliphatic rings. The highest BCUT2D eigenvalue weighted by Gasteiger charge is 2.13. The van der Waals surface area contributed by atoms with Crippen LogP contribution >= 0.6 is 0 Å². The summed E-state index contributed by atoms with van der Waals surface area (Å²) in [6.45, 7) is 8.35. The maximum absolute atomic E-state index is 5.42. The minimum atomic E-state index is 0.354. The van der Waals surface area contributed by atoms with Crippen LogP contribution in [0.15, 0.2) is 18.2 Å². The van der Waals surface area contributed by atoms with Crippen LogP contribution in [0.5, 0.6) is 11.5 Å². The molecule has 0 bridgehead atoms. The molecular weight excluding hydrogens is 262 g/mol. The first-order valence-corrected chi connectivity index (χ1v) is 8.27. The lowest BCUT2D eigenvalue weighted by atomic mass is 10.0. The summed E-state index contributed by atoms with van der Waals surface area (Å²) < 4.78 is 10.8. The summed E-state index contributed by atoms with van der Waals surface area (Å²) in [5.74, 6) is 2.59. The Morgan fingerprint density at radius 1 is 1.05 bits per heavy atom. The molecule has 1 unspecified atom stereocenters. The van der Waals surface area contributed by atoms with Crippen molar-refractivity contribution in [2.45, 2.75) is 58.9 Å². The number of ether oxygens (including phenoxy) is 2. The van der Waals surface area contributed by atoms with E-state index < -0.39 is 0 Å². The molecule has 1 N–H and O–H groups in total. The van der Waals surface area contributed by atoms with Gasteiger partial charge in [-0.2, -0.15) is 0 Å². The largest absolute Gasteiger partial charge is 0.454 e. The van der Waals surface area contributed by atoms with Crippen molar-refractivity contribution in [3.63, 3.8) is 0 Å². The number of nitrogens with one attached hydrogen (secondary N) is 1. The molecular formula is C18H29NO2. The Balaban J connectivity index is 1.61. The summed E-state index contributed by atoms with van der Waals surface area (Å²) in [7, 11) is 0. The summed E-state index contributed by atoms with van der Waals surface area (Å²) in [4.78, 5) is 0. The van der Waals surface area contributed by atoms with Gasteiger partial charge in [0, 0.05) is 6.04 Å². The molecule has 118 valence electrons. The lowest BCUT2D eigenvalue weighted by molar-refractivity contribution is 0.174. The molecule has 0 aliphatic carbocycles. The average molecular weight is 291 g/mol. The van der Waals surface area contributed by atoms with Gasteiger partial charge >= 0.3 is 0 Å². The van der Waals surface area contributed by atoms with Crippen LogP contribution in [0.2, 0.25) is 0 Å². The predicted molar refractivity (Wildman–Crippen MR) is 87.0 cm³/mol. The van der Waals surface area contributed by atoms with Crippen LogP contribution < -0.4 is 14.8 Å². The van der Waals surface area contributed by atoms with Crippen molar-refractivity contribution in [2.75, 3.05) is 13.3 Å². The van der Waals surface area contributed by atoms with Gasteiger partial charge in [0.05, 0.1) is 0 Å². The first-order valence-electron chi connectivity index (χ1n) is 8.27. The minimum absolute atomic E-state index is 0.354. The fraction of sp³-hybridized carbons (Fsp3) is 0.667. The smallest absolute Gasteiger partial charge is 0.231 e. The highest BCUT2D eigenvalue weighted by atomic mass is 16.7. The predicted octanol–water partition coefficient (Wildman–Crippen LogP) is 4.15. The zero-order valence-electron chi connectivity index (χ0n) is 13.7. The molecule has 1 heterocycles. The van der Waals surface area contributed by atoms with E-state index in [1.165, 1.54) is 24.8 Å². The molecule has 1 aromatic carbocycles. The van der Waals surface area contributed by atoms with Crippen molar-refractivity contribution in [3.05, 3.63) is 23.8 Å². The standard InChI is InChI=1S/C18H29NO2/c1-14(2)6-4-5-11-19-15(3)7-8-16-9-10-17-18(12-16)21-13-20-17/h9-10,12,14-15,19H,4-8,11,13H2,1-3H3. The number of unbranched alkanes of at least 4 members (excludes halogenated alkanes) is 1. The van der Waals surface area contributed by atoms with Gasteiger partial charge in [-0.05, 0) is 56.3 Å².